The third kappa shape index (κ3) is 6.40. The number of hydrogen-bond donors (Lipinski definition) is 2. The molecule has 4 aromatic rings. The van der Waals surface area contributed by atoms with Gasteiger partial charge in [-0.2, -0.15) is 0 Å². The highest BCUT2D eigenvalue weighted by atomic mass is 79.9. The molecule has 1 amide bonds. The fraction of sp³-hybridized carbons (Fsp3) is 0.276. The normalized spacial score (nSPS) is 11.1. The second kappa shape index (κ2) is 12.3. The predicted octanol–water partition coefficient (Wildman–Crippen LogP) is 5.27. The number of rotatable bonds is 11. The number of anilines is 4. The van der Waals surface area contributed by atoms with Gasteiger partial charge in [0, 0.05) is 73.0 Å². The molecule has 0 aliphatic rings. The highest BCUT2D eigenvalue weighted by Crippen LogP contribution is 2.38. The predicted molar refractivity (Wildman–Crippen MR) is 164 cm³/mol. The molecule has 0 saturated carbocycles. The lowest BCUT2D eigenvalue weighted by molar-refractivity contribution is -0.112. The van der Waals surface area contributed by atoms with E-state index in [1.165, 1.54) is 0 Å². The molecule has 2 aromatic heterocycles. The van der Waals surface area contributed by atoms with E-state index in [4.69, 9.17) is 9.72 Å². The molecule has 2 N–H and O–H groups in total. The maximum absolute atomic E-state index is 12.8. The lowest BCUT2D eigenvalue weighted by Crippen LogP contribution is -2.29. The fourth-order valence-corrected chi connectivity index (χ4v) is 4.48. The summed E-state index contributed by atoms with van der Waals surface area (Å²) in [5.74, 6) is 0.743. The zero-order valence-corrected chi connectivity index (χ0v) is 24.5. The number of nitrogens with zero attached hydrogens (tertiary/aromatic N) is 5. The van der Waals surface area contributed by atoms with Gasteiger partial charge < -0.3 is 29.7 Å². The van der Waals surface area contributed by atoms with Crippen LogP contribution in [0.3, 0.4) is 0 Å². The Balaban J connectivity index is 1.72. The van der Waals surface area contributed by atoms with Crippen LogP contribution < -0.4 is 20.3 Å². The highest BCUT2D eigenvalue weighted by molar-refractivity contribution is 9.09. The number of methoxy groups -OCH3 is 1. The molecule has 0 saturated heterocycles. The van der Waals surface area contributed by atoms with Crippen LogP contribution in [-0.4, -0.2) is 72.0 Å². The van der Waals surface area contributed by atoms with E-state index in [-0.39, 0.29) is 5.91 Å². The molecule has 0 spiro atoms. The molecule has 0 unspecified atom stereocenters. The van der Waals surface area contributed by atoms with Crippen LogP contribution in [0.4, 0.5) is 23.0 Å². The first-order chi connectivity index (χ1) is 18.7. The zero-order chi connectivity index (χ0) is 28.1. The minimum atomic E-state index is -0.264. The van der Waals surface area contributed by atoms with Crippen LogP contribution in [0, 0.1) is 0 Å². The Bertz CT molecular complexity index is 1500. The molecule has 0 bridgehead atoms. The second-order valence-corrected chi connectivity index (χ2v) is 10.1. The summed E-state index contributed by atoms with van der Waals surface area (Å²) < 4.78 is 7.83. The molecule has 0 aliphatic heterocycles. The van der Waals surface area contributed by atoms with Crippen molar-refractivity contribution in [3.8, 4) is 17.0 Å². The average molecular weight is 593 g/mol. The van der Waals surface area contributed by atoms with Gasteiger partial charge in [0.1, 0.15) is 5.75 Å². The van der Waals surface area contributed by atoms with E-state index in [0.717, 1.165) is 40.9 Å². The van der Waals surface area contributed by atoms with Gasteiger partial charge >= 0.3 is 0 Å². The van der Waals surface area contributed by atoms with Gasteiger partial charge in [-0.15, -0.1) is 0 Å². The average Bonchev–Trinajstić information content (AvgIpc) is 3.28. The quantitative estimate of drug-likeness (QED) is 0.181. The Morgan fingerprint density at radius 2 is 1.90 bits per heavy atom. The Hall–Kier alpha value is -3.89. The summed E-state index contributed by atoms with van der Waals surface area (Å²) >= 11 is 3.31. The molecule has 10 heteroatoms. The number of hydrogen-bond acceptors (Lipinski definition) is 7. The first kappa shape index (κ1) is 28.1. The minimum Gasteiger partial charge on any atom is -0.494 e. The molecular weight excluding hydrogens is 558 g/mol. The third-order valence-electron chi connectivity index (χ3n) is 6.42. The second-order valence-electron chi connectivity index (χ2n) is 9.55. The summed E-state index contributed by atoms with van der Waals surface area (Å²) in [7, 11) is 9.67. The minimum absolute atomic E-state index is 0.264. The smallest absolute Gasteiger partial charge is 0.251 e. The number of halogens is 1. The number of carbonyl (C=O) groups is 1. The molecule has 2 heterocycles. The summed E-state index contributed by atoms with van der Waals surface area (Å²) in [4.78, 5) is 26.2. The van der Waals surface area contributed by atoms with Gasteiger partial charge in [-0.05, 0) is 32.3 Å². The van der Waals surface area contributed by atoms with Crippen LogP contribution in [-0.2, 0) is 11.8 Å². The van der Waals surface area contributed by atoms with E-state index in [9.17, 15) is 4.79 Å². The van der Waals surface area contributed by atoms with Gasteiger partial charge in [0.05, 0.1) is 29.9 Å². The highest BCUT2D eigenvalue weighted by Gasteiger charge is 2.18. The van der Waals surface area contributed by atoms with E-state index in [1.807, 2.05) is 58.5 Å². The van der Waals surface area contributed by atoms with Crippen molar-refractivity contribution in [1.82, 2.24) is 19.4 Å². The number of fused-ring (bicyclic) bond motifs is 1. The summed E-state index contributed by atoms with van der Waals surface area (Å²) in [6, 6.07) is 13.9. The number of aromatic nitrogens is 3. The van der Waals surface area contributed by atoms with Crippen LogP contribution in [0.5, 0.6) is 5.75 Å². The van der Waals surface area contributed by atoms with Crippen molar-refractivity contribution in [2.75, 3.05) is 62.2 Å². The van der Waals surface area contributed by atoms with Crippen molar-refractivity contribution < 1.29 is 9.53 Å². The van der Waals surface area contributed by atoms with Gasteiger partial charge in [-0.25, -0.2) is 9.97 Å². The summed E-state index contributed by atoms with van der Waals surface area (Å²) in [5.41, 5.74) is 5.43. The van der Waals surface area contributed by atoms with Crippen molar-refractivity contribution in [1.29, 1.82) is 0 Å². The Morgan fingerprint density at radius 1 is 1.13 bits per heavy atom. The first-order valence-electron chi connectivity index (χ1n) is 12.5. The SMILES string of the molecule is C=C(CBr)C(=O)Nc1cc(Nc2nccc(-c3cn(C)c4ccccc34)n2)c(OC)cc1N(C)CCN(C)C. The van der Waals surface area contributed by atoms with Gasteiger partial charge in [-0.1, -0.05) is 40.7 Å². The van der Waals surface area contributed by atoms with Crippen LogP contribution >= 0.6 is 15.9 Å². The molecular formula is C29H34BrN7O2. The van der Waals surface area contributed by atoms with Crippen LogP contribution in [0.25, 0.3) is 22.2 Å². The van der Waals surface area contributed by atoms with E-state index >= 15 is 0 Å². The number of likely N-dealkylation sites (N-methyl/N-ethyl adjacent to an activating group) is 2. The van der Waals surface area contributed by atoms with Gasteiger partial charge in [0.25, 0.3) is 5.91 Å². The summed E-state index contributed by atoms with van der Waals surface area (Å²) in [6.45, 7) is 5.44. The number of benzene rings is 2. The number of para-hydroxylation sites is 1. The van der Waals surface area contributed by atoms with Gasteiger partial charge in [-0.3, -0.25) is 4.79 Å². The summed E-state index contributed by atoms with van der Waals surface area (Å²) in [6.07, 6.45) is 3.80. The van der Waals surface area contributed by atoms with Crippen molar-refractivity contribution in [2.45, 2.75) is 0 Å². The van der Waals surface area contributed by atoms with Crippen molar-refractivity contribution in [3.05, 3.63) is 67.0 Å². The molecule has 0 atom stereocenters. The first-order valence-corrected chi connectivity index (χ1v) is 13.6. The van der Waals surface area contributed by atoms with Crippen molar-refractivity contribution in [3.63, 3.8) is 0 Å². The molecule has 0 fully saturated rings. The van der Waals surface area contributed by atoms with Crippen LogP contribution in [0.1, 0.15) is 0 Å². The third-order valence-corrected chi connectivity index (χ3v) is 7.09. The number of amides is 1. The van der Waals surface area contributed by atoms with E-state index < -0.39 is 0 Å². The Morgan fingerprint density at radius 3 is 2.62 bits per heavy atom. The number of nitrogens with one attached hydrogen (secondary N) is 2. The Labute approximate surface area is 237 Å². The summed E-state index contributed by atoms with van der Waals surface area (Å²) in [5, 5.41) is 7.79. The number of ether oxygens (including phenoxy) is 1. The topological polar surface area (TPSA) is 87.5 Å². The van der Waals surface area contributed by atoms with Gasteiger partial charge in [0.2, 0.25) is 5.95 Å². The van der Waals surface area contributed by atoms with E-state index in [1.54, 1.807) is 13.3 Å². The van der Waals surface area contributed by atoms with E-state index in [0.29, 0.717) is 34.0 Å². The molecule has 2 aromatic carbocycles. The number of carbonyl (C=O) groups excluding carboxylic acids is 1. The zero-order valence-electron chi connectivity index (χ0n) is 23.0. The van der Waals surface area contributed by atoms with Crippen LogP contribution in [0.2, 0.25) is 0 Å². The molecule has 204 valence electrons. The number of alkyl halides is 1. The standard InChI is InChI=1S/C29H34BrN7O2/c1-19(17-30)28(38)32-23-15-24(27(39-6)16-26(23)36(4)14-13-35(2)3)34-29-31-12-11-22(33-29)21-18-37(5)25-10-8-7-9-20(21)25/h7-12,15-16,18H,1,13-14,17H2,2-6H3,(H,32,38)(H,31,33,34). The molecule has 0 aliphatic carbocycles. The van der Waals surface area contributed by atoms with Crippen molar-refractivity contribution >= 4 is 55.8 Å². The largest absolute Gasteiger partial charge is 0.494 e. The molecule has 4 rings (SSSR count). The number of aryl methyl sites for hydroxylation is 1. The maximum Gasteiger partial charge on any atom is 0.251 e. The van der Waals surface area contributed by atoms with Gasteiger partial charge in [0.15, 0.2) is 0 Å². The lowest BCUT2D eigenvalue weighted by atomic mass is 10.1. The molecule has 0 radical (unpaired) electrons. The maximum atomic E-state index is 12.8. The monoisotopic (exact) mass is 591 g/mol. The lowest BCUT2D eigenvalue weighted by Gasteiger charge is -2.26. The Kier molecular flexibility index (Phi) is 8.88. The van der Waals surface area contributed by atoms with Crippen LogP contribution in [0.15, 0.2) is 67.0 Å². The fourth-order valence-electron chi connectivity index (χ4n) is 4.23. The van der Waals surface area contributed by atoms with E-state index in [2.05, 4.69) is 70.8 Å². The van der Waals surface area contributed by atoms with Crippen molar-refractivity contribution in [2.24, 2.45) is 7.05 Å². The molecule has 9 nitrogen and oxygen atoms in total. The molecule has 39 heavy (non-hydrogen) atoms.